The maximum absolute atomic E-state index is 14.5. The highest BCUT2D eigenvalue weighted by Gasteiger charge is 2.24. The third-order valence-electron chi connectivity index (χ3n) is 7.69. The Balaban J connectivity index is 1.48. The highest BCUT2D eigenvalue weighted by atomic mass is 19.1. The van der Waals surface area contributed by atoms with Crippen LogP contribution in [0.3, 0.4) is 0 Å². The van der Waals surface area contributed by atoms with Gasteiger partial charge in [-0.05, 0) is 41.3 Å². The molecule has 0 aliphatic carbocycles. The second-order valence-corrected chi connectivity index (χ2v) is 12.3. The zero-order chi connectivity index (χ0) is 32.6. The van der Waals surface area contributed by atoms with Crippen LogP contribution in [0, 0.1) is 39.7 Å². The lowest BCUT2D eigenvalue weighted by Gasteiger charge is -2.22. The lowest BCUT2D eigenvalue weighted by Crippen LogP contribution is -2.20. The molecular weight excluding hydrogens is 586 g/mol. The Bertz CT molecular complexity index is 2160. The van der Waals surface area contributed by atoms with Gasteiger partial charge in [-0.1, -0.05) is 44.2 Å². The number of aryl methyl sites for hydroxylation is 1. The molecule has 46 heavy (non-hydrogen) atoms. The van der Waals surface area contributed by atoms with E-state index in [1.807, 2.05) is 31.3 Å². The average molecular weight is 617 g/mol. The van der Waals surface area contributed by atoms with Gasteiger partial charge in [-0.15, -0.1) is 5.10 Å². The number of anilines is 2. The van der Waals surface area contributed by atoms with Gasteiger partial charge in [0.2, 0.25) is 0 Å². The van der Waals surface area contributed by atoms with Crippen molar-refractivity contribution in [2.24, 2.45) is 12.5 Å². The molecule has 10 nitrogen and oxygen atoms in total. The number of aromatic nitrogens is 6. The zero-order valence-electron chi connectivity index (χ0n) is 25.7. The maximum atomic E-state index is 14.5. The summed E-state index contributed by atoms with van der Waals surface area (Å²) in [5.41, 5.74) is 4.28. The molecule has 0 radical (unpaired) electrons. The number of rotatable bonds is 8. The number of fused-ring (bicyclic) bond motifs is 2. The molecule has 2 N–H and O–H groups in total. The number of benzene rings is 3. The van der Waals surface area contributed by atoms with Gasteiger partial charge in [0, 0.05) is 41.8 Å². The molecule has 6 rings (SSSR count). The van der Waals surface area contributed by atoms with Crippen molar-refractivity contribution in [2.75, 3.05) is 17.2 Å². The molecule has 230 valence electrons. The van der Waals surface area contributed by atoms with Crippen molar-refractivity contribution in [3.05, 3.63) is 107 Å². The summed E-state index contributed by atoms with van der Waals surface area (Å²) in [5.74, 6) is -1.35. The van der Waals surface area contributed by atoms with Crippen molar-refractivity contribution in [3.63, 3.8) is 0 Å². The summed E-state index contributed by atoms with van der Waals surface area (Å²) in [6, 6.07) is 16.9. The van der Waals surface area contributed by atoms with Gasteiger partial charge in [-0.25, -0.2) is 13.5 Å². The molecular formula is C34H30F2N10. The monoisotopic (exact) mass is 616 g/mol. The third kappa shape index (κ3) is 5.81. The van der Waals surface area contributed by atoms with Crippen LogP contribution in [0.2, 0.25) is 0 Å². The van der Waals surface area contributed by atoms with E-state index in [1.165, 1.54) is 29.1 Å². The van der Waals surface area contributed by atoms with Crippen LogP contribution in [0.4, 0.5) is 20.2 Å². The number of hydrogen-bond acceptors (Lipinski definition) is 8. The van der Waals surface area contributed by atoms with E-state index in [2.05, 4.69) is 63.9 Å². The van der Waals surface area contributed by atoms with Gasteiger partial charge in [-0.2, -0.15) is 15.6 Å². The molecule has 3 aromatic carbocycles. The first kappa shape index (κ1) is 30.2. The lowest BCUT2D eigenvalue weighted by molar-refractivity contribution is 0.443. The summed E-state index contributed by atoms with van der Waals surface area (Å²) in [4.78, 5) is 4.45. The molecule has 0 aliphatic heterocycles. The Morgan fingerprint density at radius 1 is 0.957 bits per heavy atom. The summed E-state index contributed by atoms with van der Waals surface area (Å²) < 4.78 is 32.1. The molecule has 0 fully saturated rings. The van der Waals surface area contributed by atoms with E-state index in [0.29, 0.717) is 45.6 Å². The molecule has 0 unspecified atom stereocenters. The smallest absolute Gasteiger partial charge is 0.131 e. The first-order valence-corrected chi connectivity index (χ1v) is 14.6. The van der Waals surface area contributed by atoms with Gasteiger partial charge in [0.15, 0.2) is 0 Å². The maximum Gasteiger partial charge on any atom is 0.131 e. The molecule has 6 aromatic rings. The van der Waals surface area contributed by atoms with E-state index in [0.717, 1.165) is 16.5 Å². The fraction of sp³-hybridized carbons (Fsp3) is 0.235. The average Bonchev–Trinajstić information content (AvgIpc) is 3.66. The van der Waals surface area contributed by atoms with Crippen molar-refractivity contribution in [2.45, 2.75) is 33.4 Å². The Morgan fingerprint density at radius 3 is 2.41 bits per heavy atom. The summed E-state index contributed by atoms with van der Waals surface area (Å²) >= 11 is 0. The van der Waals surface area contributed by atoms with Crippen molar-refractivity contribution in [3.8, 4) is 12.1 Å². The quantitative estimate of drug-likeness (QED) is 0.200. The van der Waals surface area contributed by atoms with E-state index >= 15 is 0 Å². The standard InChI is InChI=1S/C34H30F2N10/c1-34(2,3)19-40-32-21(14-38)15-39-31-20(13-37)11-22(12-24(31)32)42-33(23-7-5-10-30-25(23)16-41-45(30)4)29-18-46(44-43-29)17-26-27(35)8-6-9-28(26)36/h5-12,15-16,18,33,42H,17,19H2,1-4H3,(H,39,40)/t33-/m0/s1. The molecule has 12 heteroatoms. The Hall–Kier alpha value is -5.88. The van der Waals surface area contributed by atoms with Crippen LogP contribution >= 0.6 is 0 Å². The minimum Gasteiger partial charge on any atom is -0.383 e. The SMILES string of the molecule is Cn1ncc2c([C@H](Nc3cc(C#N)c4ncc(C#N)c(NCC(C)(C)C)c4c3)c3cn(Cc4c(F)cccc4F)nn3)cccc21. The predicted octanol–water partition coefficient (Wildman–Crippen LogP) is 6.44. The fourth-order valence-corrected chi connectivity index (χ4v) is 5.40. The molecule has 0 spiro atoms. The number of pyridine rings is 1. The fourth-order valence-electron chi connectivity index (χ4n) is 5.40. The topological polar surface area (TPSA) is 133 Å². The number of nitrogens with zero attached hydrogens (tertiary/aromatic N) is 8. The van der Waals surface area contributed by atoms with Crippen LogP contribution in [0.1, 0.15) is 54.8 Å². The first-order valence-electron chi connectivity index (χ1n) is 14.6. The summed E-state index contributed by atoms with van der Waals surface area (Å²) in [5, 5.41) is 41.5. The van der Waals surface area contributed by atoms with Gasteiger partial charge in [0.1, 0.15) is 29.5 Å². The lowest BCUT2D eigenvalue weighted by atomic mass is 9.96. The van der Waals surface area contributed by atoms with Gasteiger partial charge >= 0.3 is 0 Å². The first-order chi connectivity index (χ1) is 22.1. The summed E-state index contributed by atoms with van der Waals surface area (Å²) in [7, 11) is 1.85. The van der Waals surface area contributed by atoms with Gasteiger partial charge in [0.05, 0.1) is 52.8 Å². The molecule has 3 aromatic heterocycles. The van der Waals surface area contributed by atoms with E-state index in [9.17, 15) is 19.3 Å². The van der Waals surface area contributed by atoms with Crippen LogP contribution in [0.15, 0.2) is 67.1 Å². The third-order valence-corrected chi connectivity index (χ3v) is 7.69. The number of nitriles is 2. The van der Waals surface area contributed by atoms with E-state index in [-0.39, 0.29) is 17.5 Å². The molecule has 0 aliphatic rings. The van der Waals surface area contributed by atoms with E-state index in [4.69, 9.17) is 0 Å². The van der Waals surface area contributed by atoms with Crippen molar-refractivity contribution < 1.29 is 8.78 Å². The van der Waals surface area contributed by atoms with Crippen molar-refractivity contribution >= 4 is 33.2 Å². The second kappa shape index (κ2) is 11.9. The highest BCUT2D eigenvalue weighted by molar-refractivity contribution is 5.99. The van der Waals surface area contributed by atoms with Crippen LogP contribution in [0.5, 0.6) is 0 Å². The Kier molecular flexibility index (Phi) is 7.80. The highest BCUT2D eigenvalue weighted by Crippen LogP contribution is 2.35. The predicted molar refractivity (Wildman–Crippen MR) is 171 cm³/mol. The minimum absolute atomic E-state index is 0.0822. The van der Waals surface area contributed by atoms with Gasteiger partial charge in [-0.3, -0.25) is 9.67 Å². The second-order valence-electron chi connectivity index (χ2n) is 12.3. The van der Waals surface area contributed by atoms with Gasteiger partial charge < -0.3 is 10.6 Å². The molecule has 0 saturated heterocycles. The van der Waals surface area contributed by atoms with E-state index in [1.54, 1.807) is 23.1 Å². The zero-order valence-corrected chi connectivity index (χ0v) is 25.7. The summed E-state index contributed by atoms with van der Waals surface area (Å²) in [6.07, 6.45) is 4.87. The van der Waals surface area contributed by atoms with Crippen LogP contribution in [-0.2, 0) is 13.6 Å². The van der Waals surface area contributed by atoms with E-state index < -0.39 is 17.7 Å². The number of halogens is 2. The Morgan fingerprint density at radius 2 is 1.70 bits per heavy atom. The molecule has 1 atom stereocenters. The van der Waals surface area contributed by atoms with Crippen molar-refractivity contribution in [1.29, 1.82) is 10.5 Å². The molecule has 0 amide bonds. The van der Waals surface area contributed by atoms with Crippen molar-refractivity contribution in [1.82, 2.24) is 29.8 Å². The molecule has 3 heterocycles. The minimum atomic E-state index is -0.673. The largest absolute Gasteiger partial charge is 0.383 e. The normalized spacial score (nSPS) is 12.2. The van der Waals surface area contributed by atoms with Gasteiger partial charge in [0.25, 0.3) is 0 Å². The Labute approximate surface area is 263 Å². The number of hydrogen-bond donors (Lipinski definition) is 2. The molecule has 0 saturated carbocycles. The molecule has 0 bridgehead atoms. The van der Waals surface area contributed by atoms with Crippen LogP contribution < -0.4 is 10.6 Å². The van der Waals surface area contributed by atoms with Crippen LogP contribution in [-0.4, -0.2) is 36.3 Å². The summed E-state index contributed by atoms with van der Waals surface area (Å²) in [6.45, 7) is 6.68. The van der Waals surface area contributed by atoms with Crippen LogP contribution in [0.25, 0.3) is 21.8 Å². The number of nitrogens with one attached hydrogen (secondary N) is 2.